The van der Waals surface area contributed by atoms with Gasteiger partial charge in [0, 0.05) is 18.1 Å². The number of anilines is 1. The Morgan fingerprint density at radius 1 is 1.18 bits per heavy atom. The molecular weight excluding hydrogens is 298 g/mol. The smallest absolute Gasteiger partial charge is 0.246 e. The van der Waals surface area contributed by atoms with Crippen molar-refractivity contribution in [2.75, 3.05) is 5.32 Å². The first-order chi connectivity index (χ1) is 10.6. The Labute approximate surface area is 132 Å². The van der Waals surface area contributed by atoms with Crippen molar-refractivity contribution in [1.82, 2.24) is 19.1 Å². The molecular formula is C15H15N5OS. The summed E-state index contributed by atoms with van der Waals surface area (Å²) in [5.41, 5.74) is 0.751. The number of rotatable bonds is 4. The van der Waals surface area contributed by atoms with Crippen LogP contribution < -0.4 is 5.32 Å². The molecule has 3 rings (SSSR count). The van der Waals surface area contributed by atoms with E-state index in [4.69, 9.17) is 12.2 Å². The highest BCUT2D eigenvalue weighted by molar-refractivity contribution is 7.71. The monoisotopic (exact) mass is 313 g/mol. The Balaban J connectivity index is 1.80. The summed E-state index contributed by atoms with van der Waals surface area (Å²) >= 11 is 5.41. The van der Waals surface area contributed by atoms with Crippen LogP contribution in [0.5, 0.6) is 0 Å². The summed E-state index contributed by atoms with van der Waals surface area (Å²) in [6.07, 6.45) is 3.75. The molecule has 0 unspecified atom stereocenters. The second-order valence-electron chi connectivity index (χ2n) is 4.78. The lowest BCUT2D eigenvalue weighted by Gasteiger charge is -2.05. The van der Waals surface area contributed by atoms with Gasteiger partial charge < -0.3 is 5.32 Å². The minimum Gasteiger partial charge on any atom is -0.324 e. The van der Waals surface area contributed by atoms with Crippen LogP contribution in [-0.4, -0.2) is 25.0 Å². The molecule has 7 heteroatoms. The van der Waals surface area contributed by atoms with Gasteiger partial charge in [-0.2, -0.15) is 5.10 Å². The third kappa shape index (κ3) is 2.84. The van der Waals surface area contributed by atoms with E-state index in [-0.39, 0.29) is 12.5 Å². The van der Waals surface area contributed by atoms with Gasteiger partial charge in [0.1, 0.15) is 12.4 Å². The van der Waals surface area contributed by atoms with Crippen molar-refractivity contribution in [1.29, 1.82) is 0 Å². The van der Waals surface area contributed by atoms with E-state index in [0.29, 0.717) is 10.6 Å². The average Bonchev–Trinajstić information content (AvgIpc) is 3.09. The maximum Gasteiger partial charge on any atom is 0.246 e. The molecule has 0 aliphatic carbocycles. The van der Waals surface area contributed by atoms with Crippen LogP contribution in [0, 0.1) is 11.7 Å². The van der Waals surface area contributed by atoms with Gasteiger partial charge in [-0.15, -0.1) is 0 Å². The summed E-state index contributed by atoms with van der Waals surface area (Å²) < 4.78 is 5.58. The molecule has 0 aliphatic rings. The molecule has 0 saturated heterocycles. The zero-order valence-electron chi connectivity index (χ0n) is 12.0. The molecule has 0 atom stereocenters. The van der Waals surface area contributed by atoms with E-state index < -0.39 is 0 Å². The van der Waals surface area contributed by atoms with Gasteiger partial charge in [-0.3, -0.25) is 9.47 Å². The SMILES string of the molecule is Cc1nn(CC(=O)Nc2ccccc2)c(=S)n1-n1cccc1. The van der Waals surface area contributed by atoms with Crippen molar-refractivity contribution in [2.45, 2.75) is 13.5 Å². The second kappa shape index (κ2) is 5.98. The van der Waals surface area contributed by atoms with Gasteiger partial charge in [-0.05, 0) is 43.4 Å². The third-order valence-corrected chi connectivity index (χ3v) is 3.53. The zero-order valence-corrected chi connectivity index (χ0v) is 12.8. The topological polar surface area (TPSA) is 56.8 Å². The van der Waals surface area contributed by atoms with Crippen molar-refractivity contribution < 1.29 is 4.79 Å². The highest BCUT2D eigenvalue weighted by Gasteiger charge is 2.11. The molecule has 1 amide bonds. The number of hydrogen-bond donors (Lipinski definition) is 1. The first-order valence-corrected chi connectivity index (χ1v) is 7.21. The van der Waals surface area contributed by atoms with Gasteiger partial charge in [0.2, 0.25) is 10.7 Å². The fraction of sp³-hybridized carbons (Fsp3) is 0.133. The summed E-state index contributed by atoms with van der Waals surface area (Å²) in [6, 6.07) is 13.1. The summed E-state index contributed by atoms with van der Waals surface area (Å²) in [5.74, 6) is 0.549. The van der Waals surface area contributed by atoms with E-state index in [1.807, 2.05) is 66.5 Å². The molecule has 2 heterocycles. The van der Waals surface area contributed by atoms with E-state index in [9.17, 15) is 4.79 Å². The number of amides is 1. The lowest BCUT2D eigenvalue weighted by molar-refractivity contribution is -0.116. The molecule has 3 aromatic rings. The standard InChI is InChI=1S/C15H15N5OS/c1-12-17-19(15(22)20(12)18-9-5-6-10-18)11-14(21)16-13-7-3-2-4-8-13/h2-10H,11H2,1H3,(H,16,21). The summed E-state index contributed by atoms with van der Waals surface area (Å²) in [6.45, 7) is 1.92. The maximum absolute atomic E-state index is 12.1. The molecule has 0 spiro atoms. The van der Waals surface area contributed by atoms with Gasteiger partial charge >= 0.3 is 0 Å². The third-order valence-electron chi connectivity index (χ3n) is 3.14. The van der Waals surface area contributed by atoms with Crippen molar-refractivity contribution in [3.63, 3.8) is 0 Å². The largest absolute Gasteiger partial charge is 0.324 e. The molecule has 22 heavy (non-hydrogen) atoms. The average molecular weight is 313 g/mol. The molecule has 0 bridgehead atoms. The number of carbonyl (C=O) groups excluding carboxylic acids is 1. The number of nitrogens with zero attached hydrogens (tertiary/aromatic N) is 4. The van der Waals surface area contributed by atoms with Gasteiger partial charge in [-0.1, -0.05) is 18.2 Å². The van der Waals surface area contributed by atoms with Gasteiger partial charge in [-0.25, -0.2) is 9.36 Å². The van der Waals surface area contributed by atoms with Crippen molar-refractivity contribution in [2.24, 2.45) is 0 Å². The Morgan fingerprint density at radius 3 is 2.55 bits per heavy atom. The van der Waals surface area contributed by atoms with Crippen LogP contribution in [-0.2, 0) is 11.3 Å². The number of nitrogens with one attached hydrogen (secondary N) is 1. The zero-order chi connectivity index (χ0) is 15.5. The van der Waals surface area contributed by atoms with Gasteiger partial charge in [0.25, 0.3) is 0 Å². The van der Waals surface area contributed by atoms with E-state index >= 15 is 0 Å². The Kier molecular flexibility index (Phi) is 3.88. The van der Waals surface area contributed by atoms with Crippen LogP contribution in [0.15, 0.2) is 54.9 Å². The number of aryl methyl sites for hydroxylation is 1. The lowest BCUT2D eigenvalue weighted by Crippen LogP contribution is -2.20. The first kappa shape index (κ1) is 14.3. The van der Waals surface area contributed by atoms with Crippen LogP contribution in [0.4, 0.5) is 5.69 Å². The van der Waals surface area contributed by atoms with Crippen molar-refractivity contribution in [3.8, 4) is 0 Å². The second-order valence-corrected chi connectivity index (χ2v) is 5.14. The summed E-state index contributed by atoms with van der Waals surface area (Å²) in [4.78, 5) is 12.1. The fourth-order valence-corrected chi connectivity index (χ4v) is 2.53. The summed E-state index contributed by atoms with van der Waals surface area (Å²) in [5, 5.41) is 7.16. The quantitative estimate of drug-likeness (QED) is 0.753. The van der Waals surface area contributed by atoms with Crippen LogP contribution in [0.25, 0.3) is 0 Å². The predicted molar refractivity (Wildman–Crippen MR) is 86.1 cm³/mol. The van der Waals surface area contributed by atoms with E-state index in [2.05, 4.69) is 10.4 Å². The first-order valence-electron chi connectivity index (χ1n) is 6.80. The molecule has 2 aromatic heterocycles. The Morgan fingerprint density at radius 2 is 1.86 bits per heavy atom. The molecule has 0 aliphatic heterocycles. The number of carbonyl (C=O) groups is 1. The minimum atomic E-state index is -0.167. The van der Waals surface area contributed by atoms with Crippen LogP contribution >= 0.6 is 12.2 Å². The van der Waals surface area contributed by atoms with Crippen LogP contribution in [0.3, 0.4) is 0 Å². The van der Waals surface area contributed by atoms with Crippen LogP contribution in [0.1, 0.15) is 5.82 Å². The lowest BCUT2D eigenvalue weighted by atomic mass is 10.3. The molecule has 0 fully saturated rings. The molecule has 1 aromatic carbocycles. The number of para-hydroxylation sites is 1. The van der Waals surface area contributed by atoms with Gasteiger partial charge in [0.15, 0.2) is 0 Å². The Hall–Kier alpha value is -2.67. The Bertz CT molecular complexity index is 833. The fourth-order valence-electron chi connectivity index (χ4n) is 2.19. The van der Waals surface area contributed by atoms with E-state index in [1.54, 1.807) is 4.68 Å². The van der Waals surface area contributed by atoms with E-state index in [1.165, 1.54) is 4.68 Å². The van der Waals surface area contributed by atoms with Crippen molar-refractivity contribution in [3.05, 3.63) is 65.5 Å². The van der Waals surface area contributed by atoms with E-state index in [0.717, 1.165) is 5.69 Å². The number of aromatic nitrogens is 4. The molecule has 112 valence electrons. The maximum atomic E-state index is 12.1. The molecule has 1 N–H and O–H groups in total. The highest BCUT2D eigenvalue weighted by Crippen LogP contribution is 2.06. The molecule has 6 nitrogen and oxygen atoms in total. The highest BCUT2D eigenvalue weighted by atomic mass is 32.1. The normalized spacial score (nSPS) is 10.6. The minimum absolute atomic E-state index is 0.0723. The predicted octanol–water partition coefficient (Wildman–Crippen LogP) is 2.47. The van der Waals surface area contributed by atoms with Crippen LogP contribution in [0.2, 0.25) is 0 Å². The molecule has 0 saturated carbocycles. The number of hydrogen-bond acceptors (Lipinski definition) is 3. The summed E-state index contributed by atoms with van der Waals surface area (Å²) in [7, 11) is 0. The molecule has 0 radical (unpaired) electrons. The number of benzene rings is 1. The van der Waals surface area contributed by atoms with Gasteiger partial charge in [0.05, 0.1) is 0 Å². The van der Waals surface area contributed by atoms with Crippen molar-refractivity contribution >= 4 is 23.8 Å².